The fourth-order valence-electron chi connectivity index (χ4n) is 6.97. The van der Waals surface area contributed by atoms with E-state index in [-0.39, 0.29) is 22.8 Å². The van der Waals surface area contributed by atoms with Crippen molar-refractivity contribution in [3.05, 3.63) is 84.4 Å². The lowest BCUT2D eigenvalue weighted by Crippen LogP contribution is -2.55. The van der Waals surface area contributed by atoms with Crippen LogP contribution in [0.15, 0.2) is 78.9 Å². The average molecular weight is 488 g/mol. The molecule has 0 radical (unpaired) electrons. The van der Waals surface area contributed by atoms with Crippen molar-refractivity contribution in [1.29, 1.82) is 0 Å². The highest BCUT2D eigenvalue weighted by molar-refractivity contribution is 6.24. The molecule has 0 unspecified atom stereocenters. The number of ether oxygens (including phenoxy) is 2. The van der Waals surface area contributed by atoms with Crippen LogP contribution in [0, 0.1) is 11.8 Å². The van der Waals surface area contributed by atoms with Gasteiger partial charge in [-0.25, -0.2) is 0 Å². The third-order valence-corrected chi connectivity index (χ3v) is 8.39. The summed E-state index contributed by atoms with van der Waals surface area (Å²) in [5, 5.41) is 2.95. The van der Waals surface area contributed by atoms with E-state index in [1.165, 1.54) is 37.7 Å². The van der Waals surface area contributed by atoms with Gasteiger partial charge >= 0.3 is 0 Å². The minimum absolute atomic E-state index is 0.000182. The molecule has 4 aliphatic carbocycles. The first kappa shape index (κ1) is 22.5. The molecule has 1 N–H and O–H groups in total. The number of carbonyl (C=O) groups is 1. The minimum atomic E-state index is -0.183. The van der Waals surface area contributed by atoms with Gasteiger partial charge in [-0.3, -0.25) is 4.79 Å². The van der Waals surface area contributed by atoms with Gasteiger partial charge in [0.15, 0.2) is 6.61 Å². The number of benzene rings is 3. The SMILES string of the molecule is O=C(COc1ccc(Oc2ccccc2)cc1)Nc1ccc(C23C[C@H]4C[C@@H](CC(Cl)(C4)C2)C3)cc1. The van der Waals surface area contributed by atoms with Crippen LogP contribution in [0.5, 0.6) is 17.2 Å². The molecule has 7 rings (SSSR count). The molecular weight excluding hydrogens is 458 g/mol. The van der Waals surface area contributed by atoms with Crippen LogP contribution in [0.4, 0.5) is 5.69 Å². The number of amides is 1. The summed E-state index contributed by atoms with van der Waals surface area (Å²) in [6, 6.07) is 25.3. The Balaban J connectivity index is 1.03. The predicted molar refractivity (Wildman–Crippen MR) is 138 cm³/mol. The molecule has 1 amide bonds. The molecule has 4 fully saturated rings. The molecule has 180 valence electrons. The predicted octanol–water partition coefficient (Wildman–Crippen LogP) is 7.33. The number of para-hydroxylation sites is 1. The molecule has 4 aliphatic rings. The highest BCUT2D eigenvalue weighted by Gasteiger charge is 2.57. The lowest BCUT2D eigenvalue weighted by atomic mass is 9.47. The maximum atomic E-state index is 12.5. The van der Waals surface area contributed by atoms with Crippen LogP contribution in [0.2, 0.25) is 0 Å². The molecule has 0 heterocycles. The second-order valence-corrected chi connectivity index (χ2v) is 11.5. The molecule has 0 spiro atoms. The van der Waals surface area contributed by atoms with Gasteiger partial charge in [0, 0.05) is 10.6 Å². The van der Waals surface area contributed by atoms with Crippen molar-refractivity contribution in [3.63, 3.8) is 0 Å². The number of nitrogens with one attached hydrogen (secondary N) is 1. The van der Waals surface area contributed by atoms with E-state index in [4.69, 9.17) is 21.1 Å². The monoisotopic (exact) mass is 487 g/mol. The fraction of sp³-hybridized carbons (Fsp3) is 0.367. The molecule has 35 heavy (non-hydrogen) atoms. The van der Waals surface area contributed by atoms with E-state index >= 15 is 0 Å². The molecule has 0 aliphatic heterocycles. The normalized spacial score (nSPS) is 28.5. The van der Waals surface area contributed by atoms with Gasteiger partial charge in [-0.1, -0.05) is 30.3 Å². The van der Waals surface area contributed by atoms with Gasteiger partial charge in [-0.15, -0.1) is 11.6 Å². The second-order valence-electron chi connectivity index (χ2n) is 10.7. The molecule has 2 atom stereocenters. The van der Waals surface area contributed by atoms with Gasteiger partial charge in [0.25, 0.3) is 5.91 Å². The third kappa shape index (κ3) is 4.77. The van der Waals surface area contributed by atoms with Gasteiger partial charge in [0.2, 0.25) is 0 Å². The summed E-state index contributed by atoms with van der Waals surface area (Å²) in [4.78, 5) is 12.5. The number of anilines is 1. The number of rotatable bonds is 7. The van der Waals surface area contributed by atoms with E-state index in [9.17, 15) is 4.79 Å². The number of alkyl halides is 1. The molecule has 4 saturated carbocycles. The highest BCUT2D eigenvalue weighted by Crippen LogP contribution is 2.64. The summed E-state index contributed by atoms with van der Waals surface area (Å²) in [5.41, 5.74) is 2.39. The maximum absolute atomic E-state index is 12.5. The summed E-state index contributed by atoms with van der Waals surface area (Å²) >= 11 is 7.02. The summed E-state index contributed by atoms with van der Waals surface area (Å²) in [7, 11) is 0. The zero-order valence-electron chi connectivity index (χ0n) is 19.7. The first-order valence-electron chi connectivity index (χ1n) is 12.5. The maximum Gasteiger partial charge on any atom is 0.262 e. The van der Waals surface area contributed by atoms with E-state index in [1.807, 2.05) is 54.6 Å². The van der Waals surface area contributed by atoms with Gasteiger partial charge in [0.05, 0.1) is 0 Å². The fourth-order valence-corrected chi connectivity index (χ4v) is 7.66. The minimum Gasteiger partial charge on any atom is -0.484 e. The van der Waals surface area contributed by atoms with Gasteiger partial charge in [0.1, 0.15) is 17.2 Å². The smallest absolute Gasteiger partial charge is 0.262 e. The number of halogens is 1. The van der Waals surface area contributed by atoms with Gasteiger partial charge < -0.3 is 14.8 Å². The zero-order valence-corrected chi connectivity index (χ0v) is 20.5. The van der Waals surface area contributed by atoms with Crippen molar-refractivity contribution in [2.75, 3.05) is 11.9 Å². The van der Waals surface area contributed by atoms with Crippen LogP contribution in [0.3, 0.4) is 0 Å². The van der Waals surface area contributed by atoms with Crippen LogP contribution < -0.4 is 14.8 Å². The van der Waals surface area contributed by atoms with Crippen molar-refractivity contribution in [2.24, 2.45) is 11.8 Å². The number of hydrogen-bond donors (Lipinski definition) is 1. The van der Waals surface area contributed by atoms with Crippen LogP contribution in [0.1, 0.15) is 44.1 Å². The van der Waals surface area contributed by atoms with E-state index in [2.05, 4.69) is 17.4 Å². The number of hydrogen-bond acceptors (Lipinski definition) is 3. The Labute approximate surface area is 211 Å². The van der Waals surface area contributed by atoms with Crippen LogP contribution >= 0.6 is 11.6 Å². The zero-order chi connectivity index (χ0) is 23.9. The second kappa shape index (κ2) is 8.91. The average Bonchev–Trinajstić information content (AvgIpc) is 2.83. The van der Waals surface area contributed by atoms with Crippen molar-refractivity contribution >= 4 is 23.2 Å². The van der Waals surface area contributed by atoms with Crippen LogP contribution in [-0.4, -0.2) is 17.4 Å². The molecule has 0 aromatic heterocycles. The van der Waals surface area contributed by atoms with Crippen molar-refractivity contribution < 1.29 is 14.3 Å². The first-order valence-corrected chi connectivity index (χ1v) is 12.9. The quantitative estimate of drug-likeness (QED) is 0.355. The van der Waals surface area contributed by atoms with E-state index in [0.29, 0.717) is 11.5 Å². The number of carbonyl (C=O) groups excluding carboxylic acids is 1. The summed E-state index contributed by atoms with van der Waals surface area (Å²) in [6.07, 6.45) is 7.32. The third-order valence-electron chi connectivity index (χ3n) is 7.94. The molecule has 5 heteroatoms. The molecule has 3 aromatic carbocycles. The first-order chi connectivity index (χ1) is 17.0. The van der Waals surface area contributed by atoms with Crippen molar-refractivity contribution in [3.8, 4) is 17.2 Å². The Morgan fingerprint density at radius 2 is 1.46 bits per heavy atom. The van der Waals surface area contributed by atoms with Gasteiger partial charge in [-0.05, 0) is 110 Å². The summed E-state index contributed by atoms with van der Waals surface area (Å²) in [5.74, 6) is 3.46. The molecule has 0 saturated heterocycles. The van der Waals surface area contributed by atoms with E-state index < -0.39 is 0 Å². The molecule has 3 aromatic rings. The molecule has 4 bridgehead atoms. The Hall–Kier alpha value is -2.98. The van der Waals surface area contributed by atoms with Crippen molar-refractivity contribution in [1.82, 2.24) is 0 Å². The van der Waals surface area contributed by atoms with Gasteiger partial charge in [-0.2, -0.15) is 0 Å². The molecule has 4 nitrogen and oxygen atoms in total. The Morgan fingerprint density at radius 3 is 2.11 bits per heavy atom. The Kier molecular flexibility index (Phi) is 5.72. The van der Waals surface area contributed by atoms with E-state index in [0.717, 1.165) is 29.7 Å². The van der Waals surface area contributed by atoms with Crippen LogP contribution in [-0.2, 0) is 10.2 Å². The highest BCUT2D eigenvalue weighted by atomic mass is 35.5. The lowest BCUT2D eigenvalue weighted by molar-refractivity contribution is -0.118. The Morgan fingerprint density at radius 1 is 0.829 bits per heavy atom. The summed E-state index contributed by atoms with van der Waals surface area (Å²) < 4.78 is 11.5. The van der Waals surface area contributed by atoms with E-state index in [1.54, 1.807) is 12.1 Å². The summed E-state index contributed by atoms with van der Waals surface area (Å²) in [6.45, 7) is -0.0529. The molecular formula is C30H30ClNO3. The largest absolute Gasteiger partial charge is 0.484 e. The standard InChI is InChI=1S/C30H30ClNO3/c31-30-17-21-14-22(18-30)16-29(15-21,20-30)23-6-8-24(9-7-23)32-28(33)19-34-25-10-12-27(13-11-25)35-26-4-2-1-3-5-26/h1-13,21-22H,14-20H2,(H,32,33)/t21-,22-,29?,30?/m1/s1. The Bertz CT molecular complexity index is 1180. The van der Waals surface area contributed by atoms with Crippen LogP contribution in [0.25, 0.3) is 0 Å². The lowest BCUT2D eigenvalue weighted by Gasteiger charge is -2.60. The topological polar surface area (TPSA) is 47.6 Å². The van der Waals surface area contributed by atoms with Crippen molar-refractivity contribution in [2.45, 2.75) is 48.8 Å².